The summed E-state index contributed by atoms with van der Waals surface area (Å²) in [5.41, 5.74) is 2.47. The summed E-state index contributed by atoms with van der Waals surface area (Å²) in [4.78, 5) is 11.7. The molecule has 0 aliphatic heterocycles. The molecule has 0 aliphatic rings. The number of amides is 1. The Morgan fingerprint density at radius 2 is 1.95 bits per heavy atom. The van der Waals surface area contributed by atoms with Gasteiger partial charge in [-0.1, -0.05) is 41.1 Å². The maximum absolute atomic E-state index is 11.9. The number of furan rings is 1. The first-order valence-corrected chi connectivity index (χ1v) is 7.47. The van der Waals surface area contributed by atoms with Crippen molar-refractivity contribution in [2.75, 3.05) is 5.32 Å². The number of rotatable bonds is 3. The van der Waals surface area contributed by atoms with E-state index in [1.807, 2.05) is 49.4 Å². The molecule has 1 atom stereocenters. The maximum Gasteiger partial charge on any atom is 0.238 e. The first-order valence-electron chi connectivity index (χ1n) is 6.55. The van der Waals surface area contributed by atoms with Gasteiger partial charge in [-0.05, 0) is 30.7 Å². The second kappa shape index (κ2) is 5.29. The molecule has 4 heteroatoms. The van der Waals surface area contributed by atoms with Gasteiger partial charge in [0.25, 0.3) is 0 Å². The van der Waals surface area contributed by atoms with E-state index in [0.717, 1.165) is 34.0 Å². The van der Waals surface area contributed by atoms with Gasteiger partial charge in [0.2, 0.25) is 5.91 Å². The summed E-state index contributed by atoms with van der Waals surface area (Å²) in [5.74, 6) is -0.0281. The van der Waals surface area contributed by atoms with E-state index in [1.165, 1.54) is 0 Å². The van der Waals surface area contributed by atoms with Crippen LogP contribution in [0.1, 0.15) is 13.3 Å². The maximum atomic E-state index is 11.9. The molecule has 3 rings (SSSR count). The molecule has 0 fully saturated rings. The van der Waals surface area contributed by atoms with Crippen LogP contribution in [0.25, 0.3) is 21.9 Å². The zero-order valence-corrected chi connectivity index (χ0v) is 12.6. The van der Waals surface area contributed by atoms with Gasteiger partial charge in [0, 0.05) is 16.5 Å². The molecule has 1 heterocycles. The average molecular weight is 332 g/mol. The van der Waals surface area contributed by atoms with Crippen molar-refractivity contribution in [1.29, 1.82) is 0 Å². The smallest absolute Gasteiger partial charge is 0.238 e. The fourth-order valence-corrected chi connectivity index (χ4v) is 2.32. The van der Waals surface area contributed by atoms with Crippen molar-refractivity contribution < 1.29 is 9.21 Å². The number of halogens is 1. The second-order valence-corrected chi connectivity index (χ2v) is 5.78. The molecule has 3 nitrogen and oxygen atoms in total. The van der Waals surface area contributed by atoms with E-state index in [0.29, 0.717) is 0 Å². The van der Waals surface area contributed by atoms with E-state index >= 15 is 0 Å². The number of fused-ring (bicyclic) bond motifs is 3. The molecule has 1 unspecified atom stereocenters. The van der Waals surface area contributed by atoms with E-state index in [1.54, 1.807) is 0 Å². The molecular formula is C16H14BrNO2. The summed E-state index contributed by atoms with van der Waals surface area (Å²) >= 11 is 3.35. The van der Waals surface area contributed by atoms with Gasteiger partial charge in [-0.2, -0.15) is 0 Å². The van der Waals surface area contributed by atoms with Crippen LogP contribution in [-0.2, 0) is 4.79 Å². The molecule has 0 spiro atoms. The number of hydrogen-bond donors (Lipinski definition) is 1. The van der Waals surface area contributed by atoms with Crippen molar-refractivity contribution in [2.24, 2.45) is 0 Å². The van der Waals surface area contributed by atoms with E-state index < -0.39 is 0 Å². The van der Waals surface area contributed by atoms with Crippen LogP contribution in [-0.4, -0.2) is 10.7 Å². The minimum absolute atomic E-state index is 0.0281. The van der Waals surface area contributed by atoms with Crippen molar-refractivity contribution in [3.05, 3.63) is 42.5 Å². The summed E-state index contributed by atoms with van der Waals surface area (Å²) in [6.07, 6.45) is 0.753. The lowest BCUT2D eigenvalue weighted by Crippen LogP contribution is -2.21. The topological polar surface area (TPSA) is 42.2 Å². The number of carbonyl (C=O) groups excluding carboxylic acids is 1. The van der Waals surface area contributed by atoms with Crippen molar-refractivity contribution >= 4 is 49.5 Å². The first-order chi connectivity index (χ1) is 9.69. The molecule has 1 N–H and O–H groups in total. The van der Waals surface area contributed by atoms with Gasteiger partial charge in [-0.25, -0.2) is 0 Å². The monoisotopic (exact) mass is 331 g/mol. The molecule has 1 amide bonds. The predicted molar refractivity (Wildman–Crippen MR) is 85.4 cm³/mol. The molecule has 0 saturated carbocycles. The number of carbonyl (C=O) groups is 1. The Kier molecular flexibility index (Phi) is 3.49. The molecule has 0 radical (unpaired) electrons. The number of hydrogen-bond acceptors (Lipinski definition) is 2. The third kappa shape index (κ3) is 2.31. The summed E-state index contributed by atoms with van der Waals surface area (Å²) < 4.78 is 5.76. The lowest BCUT2D eigenvalue weighted by Gasteiger charge is -2.08. The molecule has 102 valence electrons. The molecule has 0 bridgehead atoms. The molecular weight excluding hydrogens is 318 g/mol. The van der Waals surface area contributed by atoms with Crippen LogP contribution in [0.15, 0.2) is 46.9 Å². The van der Waals surface area contributed by atoms with E-state index in [4.69, 9.17) is 4.42 Å². The van der Waals surface area contributed by atoms with Crippen LogP contribution < -0.4 is 5.32 Å². The third-order valence-electron chi connectivity index (χ3n) is 3.29. The van der Waals surface area contributed by atoms with Crippen molar-refractivity contribution in [3.63, 3.8) is 0 Å². The molecule has 0 aliphatic carbocycles. The summed E-state index contributed by atoms with van der Waals surface area (Å²) in [7, 11) is 0. The normalized spacial score (nSPS) is 12.7. The van der Waals surface area contributed by atoms with Gasteiger partial charge < -0.3 is 9.73 Å². The Labute approximate surface area is 125 Å². The highest BCUT2D eigenvalue weighted by molar-refractivity contribution is 9.10. The predicted octanol–water partition coefficient (Wildman–Crippen LogP) is 4.70. The Morgan fingerprint density at radius 3 is 2.75 bits per heavy atom. The van der Waals surface area contributed by atoms with Gasteiger partial charge in [0.1, 0.15) is 11.2 Å². The summed E-state index contributed by atoms with van der Waals surface area (Å²) in [6.45, 7) is 1.96. The number of nitrogens with one attached hydrogen (secondary N) is 1. The zero-order chi connectivity index (χ0) is 14.1. The largest absolute Gasteiger partial charge is 0.456 e. The summed E-state index contributed by atoms with van der Waals surface area (Å²) in [6, 6.07) is 13.6. The summed E-state index contributed by atoms with van der Waals surface area (Å²) in [5, 5.41) is 4.99. The van der Waals surface area contributed by atoms with E-state index in [2.05, 4.69) is 21.2 Å². The number of benzene rings is 2. The molecule has 2 aromatic carbocycles. The van der Waals surface area contributed by atoms with Gasteiger partial charge >= 0.3 is 0 Å². The third-order valence-corrected chi connectivity index (χ3v) is 4.35. The van der Waals surface area contributed by atoms with Crippen LogP contribution in [0, 0.1) is 0 Å². The zero-order valence-electron chi connectivity index (χ0n) is 11.0. The van der Waals surface area contributed by atoms with Crippen LogP contribution >= 0.6 is 15.9 Å². The average Bonchev–Trinajstić information content (AvgIpc) is 2.84. The van der Waals surface area contributed by atoms with E-state index in [-0.39, 0.29) is 10.7 Å². The first kappa shape index (κ1) is 13.2. The number of para-hydroxylation sites is 1. The fourth-order valence-electron chi connectivity index (χ4n) is 2.21. The standard InChI is InChI=1S/C16H14BrNO2/c1-2-13(17)16(19)18-10-7-8-15-12(9-10)11-5-3-4-6-14(11)20-15/h3-9,13H,2H2,1H3,(H,18,19). The van der Waals surface area contributed by atoms with Gasteiger partial charge in [-0.15, -0.1) is 0 Å². The lowest BCUT2D eigenvalue weighted by atomic mass is 10.1. The number of alkyl halides is 1. The van der Waals surface area contributed by atoms with Gasteiger partial charge in [0.05, 0.1) is 4.83 Å². The Hall–Kier alpha value is -1.81. The molecule has 3 aromatic rings. The molecule has 1 aromatic heterocycles. The van der Waals surface area contributed by atoms with Crippen LogP contribution in [0.2, 0.25) is 0 Å². The highest BCUT2D eigenvalue weighted by Gasteiger charge is 2.13. The van der Waals surface area contributed by atoms with Gasteiger partial charge in [-0.3, -0.25) is 4.79 Å². The number of anilines is 1. The van der Waals surface area contributed by atoms with Crippen molar-refractivity contribution in [3.8, 4) is 0 Å². The highest BCUT2D eigenvalue weighted by atomic mass is 79.9. The Morgan fingerprint density at radius 1 is 1.20 bits per heavy atom. The second-order valence-electron chi connectivity index (χ2n) is 4.67. The minimum atomic E-state index is -0.167. The Balaban J connectivity index is 2.01. The van der Waals surface area contributed by atoms with Gasteiger partial charge in [0.15, 0.2) is 0 Å². The van der Waals surface area contributed by atoms with E-state index in [9.17, 15) is 4.79 Å². The Bertz CT molecular complexity index is 778. The van der Waals surface area contributed by atoms with Crippen LogP contribution in [0.3, 0.4) is 0 Å². The quantitative estimate of drug-likeness (QED) is 0.707. The van der Waals surface area contributed by atoms with Crippen molar-refractivity contribution in [2.45, 2.75) is 18.2 Å². The van der Waals surface area contributed by atoms with Crippen molar-refractivity contribution in [1.82, 2.24) is 0 Å². The van der Waals surface area contributed by atoms with Crippen LogP contribution in [0.4, 0.5) is 5.69 Å². The minimum Gasteiger partial charge on any atom is -0.456 e. The highest BCUT2D eigenvalue weighted by Crippen LogP contribution is 2.30. The van der Waals surface area contributed by atoms with Crippen LogP contribution in [0.5, 0.6) is 0 Å². The lowest BCUT2D eigenvalue weighted by molar-refractivity contribution is -0.115. The molecule has 0 saturated heterocycles. The molecule has 20 heavy (non-hydrogen) atoms. The fraction of sp³-hybridized carbons (Fsp3) is 0.188. The SMILES string of the molecule is CCC(Br)C(=O)Nc1ccc2oc3ccccc3c2c1.